The van der Waals surface area contributed by atoms with Crippen LogP contribution < -0.4 is 10.6 Å². The van der Waals surface area contributed by atoms with Gasteiger partial charge in [-0.05, 0) is 43.2 Å². The predicted molar refractivity (Wildman–Crippen MR) is 109 cm³/mol. The van der Waals surface area contributed by atoms with E-state index in [0.29, 0.717) is 24.1 Å². The SMILES string of the molecule is O=C(NCCn1nnc2cc(S(=O)(=O)N3CCCC3)ccc21)Nc1cc(F)ccc1F. The lowest BCUT2D eigenvalue weighted by molar-refractivity contribution is 0.251. The lowest BCUT2D eigenvalue weighted by atomic mass is 10.3. The number of urea groups is 1. The van der Waals surface area contributed by atoms with Crippen LogP contribution in [0.25, 0.3) is 11.0 Å². The first-order chi connectivity index (χ1) is 14.8. The van der Waals surface area contributed by atoms with Crippen molar-refractivity contribution in [3.63, 3.8) is 0 Å². The van der Waals surface area contributed by atoms with Crippen molar-refractivity contribution in [1.29, 1.82) is 0 Å². The Morgan fingerprint density at radius 1 is 1.10 bits per heavy atom. The van der Waals surface area contributed by atoms with Crippen molar-refractivity contribution in [2.24, 2.45) is 0 Å². The van der Waals surface area contributed by atoms with Crippen molar-refractivity contribution >= 4 is 32.8 Å². The molecule has 9 nitrogen and oxygen atoms in total. The zero-order valence-corrected chi connectivity index (χ0v) is 17.2. The van der Waals surface area contributed by atoms with Crippen LogP contribution in [-0.4, -0.2) is 53.4 Å². The molecule has 0 spiro atoms. The second kappa shape index (κ2) is 8.55. The highest BCUT2D eigenvalue weighted by molar-refractivity contribution is 7.89. The fourth-order valence-electron chi connectivity index (χ4n) is 3.39. The number of anilines is 1. The minimum absolute atomic E-state index is 0.134. The fraction of sp³-hybridized carbons (Fsp3) is 0.316. The highest BCUT2D eigenvalue weighted by Crippen LogP contribution is 2.23. The number of carbonyl (C=O) groups excluding carboxylic acids is 1. The van der Waals surface area contributed by atoms with Crippen LogP contribution in [0.3, 0.4) is 0 Å². The molecule has 0 unspecified atom stereocenters. The standard InChI is InChI=1S/C19H20F2N6O3S/c20-13-3-5-15(21)16(11-13)23-19(28)22-7-10-27-18-6-4-14(12-17(18)24-25-27)31(29,30)26-8-1-2-9-26/h3-6,11-12H,1-2,7-10H2,(H2,22,23,28). The Bertz CT molecular complexity index is 1220. The summed E-state index contributed by atoms with van der Waals surface area (Å²) in [7, 11) is -3.55. The third-order valence-corrected chi connectivity index (χ3v) is 6.87. The lowest BCUT2D eigenvalue weighted by Crippen LogP contribution is -2.32. The molecule has 1 aliphatic rings. The molecule has 2 amide bonds. The second-order valence-electron chi connectivity index (χ2n) is 7.08. The topological polar surface area (TPSA) is 109 Å². The van der Waals surface area contributed by atoms with Crippen LogP contribution in [-0.2, 0) is 16.6 Å². The molecular formula is C19H20F2N6O3S. The Kier molecular flexibility index (Phi) is 5.83. The van der Waals surface area contributed by atoms with Crippen molar-refractivity contribution in [3.05, 3.63) is 48.0 Å². The summed E-state index contributed by atoms with van der Waals surface area (Å²) in [6, 6.07) is 6.68. The Hall–Kier alpha value is -3.12. The number of sulfonamides is 1. The van der Waals surface area contributed by atoms with Crippen LogP contribution in [0.1, 0.15) is 12.8 Å². The van der Waals surface area contributed by atoms with Gasteiger partial charge in [-0.25, -0.2) is 26.7 Å². The van der Waals surface area contributed by atoms with E-state index >= 15 is 0 Å². The molecule has 0 radical (unpaired) electrons. The quantitative estimate of drug-likeness (QED) is 0.599. The van der Waals surface area contributed by atoms with Gasteiger partial charge in [0.25, 0.3) is 0 Å². The number of hydrogen-bond acceptors (Lipinski definition) is 5. The first-order valence-electron chi connectivity index (χ1n) is 9.68. The molecule has 31 heavy (non-hydrogen) atoms. The van der Waals surface area contributed by atoms with Crippen LogP contribution in [0.15, 0.2) is 41.3 Å². The van der Waals surface area contributed by atoms with Gasteiger partial charge in [0.1, 0.15) is 17.2 Å². The highest BCUT2D eigenvalue weighted by atomic mass is 32.2. The van der Waals surface area contributed by atoms with E-state index in [-0.39, 0.29) is 23.7 Å². The van der Waals surface area contributed by atoms with E-state index in [1.165, 1.54) is 21.1 Å². The zero-order valence-electron chi connectivity index (χ0n) is 16.4. The van der Waals surface area contributed by atoms with Crippen molar-refractivity contribution < 1.29 is 22.0 Å². The van der Waals surface area contributed by atoms with Gasteiger partial charge < -0.3 is 10.6 Å². The van der Waals surface area contributed by atoms with E-state index in [1.54, 1.807) is 6.07 Å². The van der Waals surface area contributed by atoms with E-state index < -0.39 is 27.7 Å². The molecule has 2 heterocycles. The van der Waals surface area contributed by atoms with Crippen LogP contribution in [0.2, 0.25) is 0 Å². The number of nitrogens with zero attached hydrogens (tertiary/aromatic N) is 4. The largest absolute Gasteiger partial charge is 0.336 e. The van der Waals surface area contributed by atoms with E-state index in [1.807, 2.05) is 0 Å². The first kappa shape index (κ1) is 21.1. The van der Waals surface area contributed by atoms with E-state index in [4.69, 9.17) is 0 Å². The summed E-state index contributed by atoms with van der Waals surface area (Å²) < 4.78 is 55.1. The Labute approximate surface area is 177 Å². The molecule has 3 aromatic rings. The van der Waals surface area contributed by atoms with Crippen LogP contribution in [0.4, 0.5) is 19.3 Å². The number of amides is 2. The zero-order chi connectivity index (χ0) is 22.0. The molecule has 1 fully saturated rings. The summed E-state index contributed by atoms with van der Waals surface area (Å²) in [5.41, 5.74) is 0.765. The number of fused-ring (bicyclic) bond motifs is 1. The van der Waals surface area contributed by atoms with Gasteiger partial charge in [-0.15, -0.1) is 5.10 Å². The van der Waals surface area contributed by atoms with E-state index in [0.717, 1.165) is 31.0 Å². The number of nitrogens with one attached hydrogen (secondary N) is 2. The van der Waals surface area contributed by atoms with E-state index in [2.05, 4.69) is 20.9 Å². The summed E-state index contributed by atoms with van der Waals surface area (Å²) in [5, 5.41) is 12.8. The Morgan fingerprint density at radius 2 is 1.87 bits per heavy atom. The third-order valence-electron chi connectivity index (χ3n) is 4.97. The van der Waals surface area contributed by atoms with Crippen LogP contribution >= 0.6 is 0 Å². The monoisotopic (exact) mass is 450 g/mol. The van der Waals surface area contributed by atoms with Crippen LogP contribution in [0.5, 0.6) is 0 Å². The average molecular weight is 450 g/mol. The minimum Gasteiger partial charge on any atom is -0.336 e. The maximum absolute atomic E-state index is 13.6. The third kappa shape index (κ3) is 4.49. The lowest BCUT2D eigenvalue weighted by Gasteiger charge is -2.15. The summed E-state index contributed by atoms with van der Waals surface area (Å²) in [6.07, 6.45) is 1.70. The molecule has 0 aliphatic carbocycles. The molecule has 1 aliphatic heterocycles. The van der Waals surface area contributed by atoms with Gasteiger partial charge in [-0.2, -0.15) is 4.31 Å². The molecule has 0 saturated carbocycles. The molecule has 4 rings (SSSR count). The molecule has 164 valence electrons. The summed E-state index contributed by atoms with van der Waals surface area (Å²) in [5.74, 6) is -1.42. The molecule has 1 saturated heterocycles. The van der Waals surface area contributed by atoms with Crippen molar-refractivity contribution in [2.75, 3.05) is 25.0 Å². The molecule has 1 aromatic heterocycles. The van der Waals surface area contributed by atoms with Crippen LogP contribution in [0, 0.1) is 11.6 Å². The molecular weight excluding hydrogens is 430 g/mol. The number of halogens is 2. The van der Waals surface area contributed by atoms with Gasteiger partial charge in [0.05, 0.1) is 22.6 Å². The van der Waals surface area contributed by atoms with Crippen molar-refractivity contribution in [1.82, 2.24) is 24.6 Å². The first-order valence-corrected chi connectivity index (χ1v) is 11.1. The fourth-order valence-corrected chi connectivity index (χ4v) is 4.93. The van der Waals surface area contributed by atoms with Crippen molar-refractivity contribution in [3.8, 4) is 0 Å². The average Bonchev–Trinajstić information content (AvgIpc) is 3.41. The Balaban J connectivity index is 1.39. The summed E-state index contributed by atoms with van der Waals surface area (Å²) in [6.45, 7) is 1.41. The number of benzene rings is 2. The molecule has 2 aromatic carbocycles. The molecule has 0 atom stereocenters. The summed E-state index contributed by atoms with van der Waals surface area (Å²) in [4.78, 5) is 12.1. The van der Waals surface area contributed by atoms with Gasteiger partial charge in [0, 0.05) is 25.7 Å². The Morgan fingerprint density at radius 3 is 2.65 bits per heavy atom. The van der Waals surface area contributed by atoms with Crippen molar-refractivity contribution in [2.45, 2.75) is 24.3 Å². The van der Waals surface area contributed by atoms with Gasteiger partial charge in [0.2, 0.25) is 10.0 Å². The molecule has 0 bridgehead atoms. The predicted octanol–water partition coefficient (Wildman–Crippen LogP) is 2.32. The number of aromatic nitrogens is 3. The number of rotatable bonds is 6. The highest BCUT2D eigenvalue weighted by Gasteiger charge is 2.27. The van der Waals surface area contributed by atoms with Gasteiger partial charge in [0.15, 0.2) is 0 Å². The maximum Gasteiger partial charge on any atom is 0.319 e. The summed E-state index contributed by atoms with van der Waals surface area (Å²) >= 11 is 0. The normalized spacial score (nSPS) is 14.8. The number of hydrogen-bond donors (Lipinski definition) is 2. The number of carbonyl (C=O) groups is 1. The van der Waals surface area contributed by atoms with Gasteiger partial charge in [-0.3, -0.25) is 0 Å². The van der Waals surface area contributed by atoms with Gasteiger partial charge >= 0.3 is 6.03 Å². The smallest absolute Gasteiger partial charge is 0.319 e. The minimum atomic E-state index is -3.55. The second-order valence-corrected chi connectivity index (χ2v) is 9.02. The molecule has 2 N–H and O–H groups in total. The molecule has 12 heteroatoms. The van der Waals surface area contributed by atoms with E-state index in [9.17, 15) is 22.0 Å². The maximum atomic E-state index is 13.6. The van der Waals surface area contributed by atoms with Gasteiger partial charge in [-0.1, -0.05) is 5.21 Å².